The molecule has 6 radical (unpaired) electrons. The number of Topliss-reactive ketones (excluding diaryl/α,β-unsaturated/α-hetero) is 3. The Labute approximate surface area is 584 Å². The highest BCUT2D eigenvalue weighted by Crippen LogP contribution is 2.69. The van der Waals surface area contributed by atoms with Crippen molar-refractivity contribution in [2.45, 2.75) is 171 Å². The van der Waals surface area contributed by atoms with Gasteiger partial charge in [-0.05, 0) is 113 Å². The van der Waals surface area contributed by atoms with Crippen molar-refractivity contribution in [2.24, 2.45) is 34.0 Å². The van der Waals surface area contributed by atoms with Gasteiger partial charge in [0.2, 0.25) is 17.3 Å². The summed E-state index contributed by atoms with van der Waals surface area (Å²) in [5, 5.41) is 41.9. The minimum atomic E-state index is -1.19. The second-order valence-corrected chi connectivity index (χ2v) is 29.2. The van der Waals surface area contributed by atoms with Crippen LogP contribution >= 0.6 is 0 Å². The standard InChI is InChI=1S/2C23H28O8.C23H26O7.C3H6O2.2B.H2O/c2*1-21-6-4-14-16(13(21)5-7-23(21)30-8-9-31-23)18(25)19-17(12(10-29-19)20(26)27)22(14,2)15(24)11-28-3;1-21-6-4-14-16(13(21)5-7-23(21)28-8-9-29-23)18(24)19-17-12(10-27-19)20(25)30-15(11-26-3)22(14,17)2;1-5-3-2-4;;;/h2*10,13,15,24H,4-9,11H2,1-3H3,(H,26,27);10,13,15H,4-9,11H2,1-3H3;2H,3H2,1H3;;;1H2/t3*13-,15?,21?,22?;;;;/m000..../s1. The van der Waals surface area contributed by atoms with Gasteiger partial charge >= 0.3 is 19.3 Å². The maximum atomic E-state index is 13.7. The molecule has 3 spiro atoms. The summed E-state index contributed by atoms with van der Waals surface area (Å²) in [6.07, 6.45) is 10.2. The maximum absolute atomic E-state index is 13.7. The van der Waals surface area contributed by atoms with Crippen molar-refractivity contribution in [1.29, 1.82) is 0 Å². The van der Waals surface area contributed by atoms with Gasteiger partial charge in [-0.3, -0.25) is 14.4 Å². The number of fused-ring (bicyclic) bond motifs is 12. The summed E-state index contributed by atoms with van der Waals surface area (Å²) in [5.41, 5.74) is 2.16. The molecule has 3 aromatic rings. The molecule has 16 rings (SSSR count). The van der Waals surface area contributed by atoms with Crippen molar-refractivity contribution >= 4 is 58.4 Å². The fraction of sp³-hybridized carbons (Fsp3) is 0.653. The molecule has 4 aliphatic heterocycles. The Morgan fingerprint density at radius 2 is 0.880 bits per heavy atom. The van der Waals surface area contributed by atoms with Crippen LogP contribution in [0.5, 0.6) is 0 Å². The Balaban J connectivity index is 0.000000167. The van der Waals surface area contributed by atoms with Crippen LogP contribution in [0.15, 0.2) is 65.5 Å². The van der Waals surface area contributed by atoms with Crippen LogP contribution in [0.25, 0.3) is 0 Å². The first-order chi connectivity index (χ1) is 46.2. The predicted octanol–water partition coefficient (Wildman–Crippen LogP) is 7.55. The smallest absolute Gasteiger partial charge is 0.870 e. The van der Waals surface area contributed by atoms with E-state index in [1.165, 1.54) is 27.6 Å². The summed E-state index contributed by atoms with van der Waals surface area (Å²) in [5.74, 6) is -5.45. The number of carbonyl (C=O) groups is 7. The normalized spacial score (nSPS) is 33.4. The average Bonchev–Trinajstić information content (AvgIpc) is 1.62. The van der Waals surface area contributed by atoms with Gasteiger partial charge in [0.05, 0.1) is 77.1 Å². The Morgan fingerprint density at radius 3 is 1.21 bits per heavy atom. The minimum Gasteiger partial charge on any atom is -0.870 e. The summed E-state index contributed by atoms with van der Waals surface area (Å²) >= 11 is 0. The van der Waals surface area contributed by atoms with Gasteiger partial charge in [0.25, 0.3) is 0 Å². The first-order valence-corrected chi connectivity index (χ1v) is 33.7. The molecule has 0 aromatic carbocycles. The summed E-state index contributed by atoms with van der Waals surface area (Å²) < 4.78 is 79.6. The van der Waals surface area contributed by atoms with Gasteiger partial charge in [-0.15, -0.1) is 0 Å². The molecule has 28 heteroatoms. The molecule has 9 unspecified atom stereocenters. The molecular formula is C72H90B2O26. The number of aldehydes is 1. The summed E-state index contributed by atoms with van der Waals surface area (Å²) in [4.78, 5) is 86.9. The van der Waals surface area contributed by atoms with Gasteiger partial charge in [-0.1, -0.05) is 20.8 Å². The van der Waals surface area contributed by atoms with Gasteiger partial charge in [-0.25, -0.2) is 14.4 Å². The van der Waals surface area contributed by atoms with Gasteiger partial charge in [-0.2, -0.15) is 0 Å². The number of carboxylic acids is 2. The van der Waals surface area contributed by atoms with Crippen molar-refractivity contribution in [3.8, 4) is 0 Å². The quantitative estimate of drug-likeness (QED) is 0.0772. The zero-order valence-electron chi connectivity index (χ0n) is 59.3. The van der Waals surface area contributed by atoms with Gasteiger partial charge in [0.1, 0.15) is 54.5 Å². The molecule has 0 bridgehead atoms. The predicted molar refractivity (Wildman–Crippen MR) is 350 cm³/mol. The van der Waals surface area contributed by atoms with Crippen molar-refractivity contribution < 1.29 is 126 Å². The Morgan fingerprint density at radius 1 is 0.530 bits per heavy atom. The number of aliphatic hydroxyl groups excluding tert-OH is 2. The van der Waals surface area contributed by atoms with E-state index in [-0.39, 0.29) is 141 Å². The molecule has 7 heterocycles. The molecule has 100 heavy (non-hydrogen) atoms. The van der Waals surface area contributed by atoms with Crippen LogP contribution in [-0.2, 0) is 73.1 Å². The fourth-order valence-electron chi connectivity index (χ4n) is 20.5. The number of hydrogen-bond acceptors (Lipinski definition) is 24. The number of aliphatic hydroxyl groups is 2. The molecule has 26 nitrogen and oxygen atoms in total. The number of ether oxygens (including phenoxy) is 11. The largest absolute Gasteiger partial charge is 1.00 e. The third kappa shape index (κ3) is 10.4. The number of furan rings is 3. The lowest BCUT2D eigenvalue weighted by Crippen LogP contribution is -2.55. The van der Waals surface area contributed by atoms with E-state index in [9.17, 15) is 54.0 Å². The van der Waals surface area contributed by atoms with Crippen LogP contribution < -0.4 is 0 Å². The van der Waals surface area contributed by atoms with Gasteiger partial charge < -0.3 is 96.1 Å². The van der Waals surface area contributed by atoms with Crippen LogP contribution in [0.1, 0.15) is 199 Å². The number of allylic oxidation sites excluding steroid dienone is 3. The van der Waals surface area contributed by atoms with E-state index < -0.39 is 69.8 Å². The zero-order valence-corrected chi connectivity index (χ0v) is 58.3. The van der Waals surface area contributed by atoms with Gasteiger partial charge in [0, 0.05) is 125 Å². The monoisotopic (exact) mass is 1390 g/mol. The molecule has 3 saturated heterocycles. The van der Waals surface area contributed by atoms with Crippen molar-refractivity contribution in [3.05, 3.63) is 103 Å². The van der Waals surface area contributed by atoms with E-state index in [1.807, 2.05) is 0 Å². The van der Waals surface area contributed by atoms with Gasteiger partial charge in [0.15, 0.2) is 34.6 Å². The molecule has 6 fully saturated rings. The van der Waals surface area contributed by atoms with E-state index in [0.29, 0.717) is 107 Å². The molecule has 12 atom stereocenters. The van der Waals surface area contributed by atoms with Crippen molar-refractivity contribution in [3.63, 3.8) is 0 Å². The summed E-state index contributed by atoms with van der Waals surface area (Å²) in [6.45, 7) is 15.9. The number of esters is 1. The molecule has 540 valence electrons. The second kappa shape index (κ2) is 27.4. The lowest BCUT2D eigenvalue weighted by atomic mass is 9.54. The third-order valence-corrected chi connectivity index (χ3v) is 25.4. The van der Waals surface area contributed by atoms with Crippen molar-refractivity contribution in [2.75, 3.05) is 94.5 Å². The lowest BCUT2D eigenvalue weighted by molar-refractivity contribution is -0.225. The lowest BCUT2D eigenvalue weighted by Gasteiger charge is -2.52. The number of aromatic carboxylic acids is 2. The van der Waals surface area contributed by atoms with Crippen LogP contribution in [0.3, 0.4) is 0 Å². The topological polar surface area (TPSA) is 371 Å². The Bertz CT molecular complexity index is 3680. The Hall–Kier alpha value is -6.24. The molecule has 3 saturated carbocycles. The van der Waals surface area contributed by atoms with E-state index in [1.54, 1.807) is 21.0 Å². The number of methoxy groups -OCH3 is 4. The van der Waals surface area contributed by atoms with Crippen LogP contribution in [-0.4, -0.2) is 214 Å². The summed E-state index contributed by atoms with van der Waals surface area (Å²) in [6, 6.07) is 0. The fourth-order valence-corrected chi connectivity index (χ4v) is 20.5. The van der Waals surface area contributed by atoms with E-state index in [0.717, 1.165) is 73.3 Å². The SMILES string of the molecule is COCC(O)C1(C)C2=C(C(=O)c3occ(C(=O)O)c31)[C@@H]1CCC3(OCCO3)C1(C)CC2.COCC(O)C1(C)C2=C(C(=O)c3occ(C(=O)O)c31)[C@@H]1CCC3(OCCO3)C1(C)CC2.COCC1OC(=O)c2coc3c2C1(C)C1=C(C3=O)[C@@H]2CCC3(OCCO3)C2(C)CC1.COCC=O.[B].[B].[H+].[OH-]. The molecule has 9 aliphatic carbocycles. The van der Waals surface area contributed by atoms with Crippen LogP contribution in [0.2, 0.25) is 0 Å². The number of carbonyl (C=O) groups excluding carboxylic acids is 5. The number of carboxylic acid groups (broad SMARTS) is 2. The molecule has 3 aromatic heterocycles. The summed E-state index contributed by atoms with van der Waals surface area (Å²) in [7, 11) is 6.05. The highest BCUT2D eigenvalue weighted by molar-refractivity contribution is 6.15. The van der Waals surface area contributed by atoms with Crippen LogP contribution in [0.4, 0.5) is 0 Å². The molecular weight excluding hydrogens is 1300 g/mol. The van der Waals surface area contributed by atoms with E-state index in [4.69, 9.17) is 60.6 Å². The zero-order chi connectivity index (χ0) is 69.4. The van der Waals surface area contributed by atoms with E-state index in [2.05, 4.69) is 32.4 Å². The van der Waals surface area contributed by atoms with Crippen molar-refractivity contribution in [1.82, 2.24) is 0 Å². The third-order valence-electron chi connectivity index (χ3n) is 25.4. The highest BCUT2D eigenvalue weighted by atomic mass is 16.8. The highest BCUT2D eigenvalue weighted by Gasteiger charge is 2.70. The molecule has 5 N–H and O–H groups in total. The Kier molecular flexibility index (Phi) is 21.0. The maximum Gasteiger partial charge on any atom is 1.00 e. The first-order valence-electron chi connectivity index (χ1n) is 33.7. The van der Waals surface area contributed by atoms with E-state index >= 15 is 0 Å². The minimum absolute atomic E-state index is 0. The number of ketones is 3. The first kappa shape index (κ1) is 76.4. The number of rotatable bonds is 12. The average molecular weight is 1390 g/mol. The van der Waals surface area contributed by atoms with Crippen LogP contribution in [0, 0.1) is 34.0 Å². The number of cyclic esters (lactones) is 1. The number of hydrogen-bond donors (Lipinski definition) is 4. The molecule has 0 amide bonds. The second-order valence-electron chi connectivity index (χ2n) is 29.2. The molecule has 13 aliphatic rings.